The van der Waals surface area contributed by atoms with Crippen molar-refractivity contribution in [1.29, 1.82) is 0 Å². The molecule has 1 N–H and O–H groups in total. The standard InChI is InChI=1S/C16H20N4O2/c1-12(22-11-13-7-5-4-6-8-13)15(21)18-14-9-10-17-16(19-14)20(2)3/h4-10,12H,11H2,1-3H3,(H,17,18,19,21). The van der Waals surface area contributed by atoms with Crippen LogP contribution in [0.5, 0.6) is 0 Å². The number of carbonyl (C=O) groups excluding carboxylic acids is 1. The number of nitrogens with zero attached hydrogens (tertiary/aromatic N) is 3. The van der Waals surface area contributed by atoms with E-state index in [4.69, 9.17) is 4.74 Å². The van der Waals surface area contributed by atoms with Gasteiger partial charge in [-0.05, 0) is 18.6 Å². The van der Waals surface area contributed by atoms with Gasteiger partial charge in [-0.1, -0.05) is 30.3 Å². The first-order chi connectivity index (χ1) is 10.6. The van der Waals surface area contributed by atoms with Crippen LogP contribution < -0.4 is 10.2 Å². The van der Waals surface area contributed by atoms with E-state index >= 15 is 0 Å². The molecular weight excluding hydrogens is 280 g/mol. The second-order valence-corrected chi connectivity index (χ2v) is 5.06. The molecule has 0 saturated heterocycles. The number of rotatable bonds is 6. The molecule has 22 heavy (non-hydrogen) atoms. The summed E-state index contributed by atoms with van der Waals surface area (Å²) in [5.74, 6) is 0.758. The Kier molecular flexibility index (Phi) is 5.43. The first-order valence-corrected chi connectivity index (χ1v) is 7.03. The lowest BCUT2D eigenvalue weighted by Crippen LogP contribution is -2.28. The molecule has 0 aliphatic rings. The molecule has 0 bridgehead atoms. The van der Waals surface area contributed by atoms with Crippen LogP contribution in [0.2, 0.25) is 0 Å². The van der Waals surface area contributed by atoms with E-state index in [0.29, 0.717) is 18.4 Å². The van der Waals surface area contributed by atoms with Crippen molar-refractivity contribution >= 4 is 17.7 Å². The van der Waals surface area contributed by atoms with Crippen LogP contribution in [-0.4, -0.2) is 36.1 Å². The number of hydrogen-bond donors (Lipinski definition) is 1. The van der Waals surface area contributed by atoms with Crippen LogP contribution in [-0.2, 0) is 16.1 Å². The average Bonchev–Trinajstić information content (AvgIpc) is 2.53. The third-order valence-corrected chi connectivity index (χ3v) is 3.01. The topological polar surface area (TPSA) is 67.3 Å². The Bertz CT molecular complexity index is 617. The zero-order valence-electron chi connectivity index (χ0n) is 13.0. The molecule has 1 amide bonds. The maximum Gasteiger partial charge on any atom is 0.254 e. The molecule has 1 atom stereocenters. The Balaban J connectivity index is 1.89. The highest BCUT2D eigenvalue weighted by molar-refractivity contribution is 5.93. The van der Waals surface area contributed by atoms with Gasteiger partial charge >= 0.3 is 0 Å². The van der Waals surface area contributed by atoms with Crippen LogP contribution >= 0.6 is 0 Å². The fourth-order valence-electron chi connectivity index (χ4n) is 1.73. The lowest BCUT2D eigenvalue weighted by atomic mass is 10.2. The normalized spacial score (nSPS) is 11.8. The minimum absolute atomic E-state index is 0.237. The summed E-state index contributed by atoms with van der Waals surface area (Å²) in [6.07, 6.45) is 1.03. The highest BCUT2D eigenvalue weighted by atomic mass is 16.5. The summed E-state index contributed by atoms with van der Waals surface area (Å²) in [6, 6.07) is 11.4. The van der Waals surface area contributed by atoms with Crippen molar-refractivity contribution in [2.45, 2.75) is 19.6 Å². The van der Waals surface area contributed by atoms with Crippen LogP contribution in [0.1, 0.15) is 12.5 Å². The van der Waals surface area contributed by atoms with Gasteiger partial charge in [-0.15, -0.1) is 0 Å². The van der Waals surface area contributed by atoms with E-state index in [9.17, 15) is 4.79 Å². The first-order valence-electron chi connectivity index (χ1n) is 7.03. The van der Waals surface area contributed by atoms with Gasteiger partial charge < -0.3 is 15.0 Å². The fourth-order valence-corrected chi connectivity index (χ4v) is 1.73. The number of benzene rings is 1. The number of amides is 1. The van der Waals surface area contributed by atoms with Crippen molar-refractivity contribution in [1.82, 2.24) is 9.97 Å². The molecule has 116 valence electrons. The predicted octanol–water partition coefficient (Wildman–Crippen LogP) is 2.09. The second kappa shape index (κ2) is 7.51. The van der Waals surface area contributed by atoms with Crippen LogP contribution in [0.25, 0.3) is 0 Å². The summed E-state index contributed by atoms with van der Waals surface area (Å²) in [7, 11) is 3.68. The minimum atomic E-state index is -0.571. The van der Waals surface area contributed by atoms with E-state index in [1.807, 2.05) is 44.4 Å². The average molecular weight is 300 g/mol. The van der Waals surface area contributed by atoms with Crippen LogP contribution in [0, 0.1) is 0 Å². The summed E-state index contributed by atoms with van der Waals surface area (Å²) in [5, 5.41) is 2.73. The van der Waals surface area contributed by atoms with Gasteiger partial charge in [-0.2, -0.15) is 4.98 Å². The molecule has 6 heteroatoms. The third-order valence-electron chi connectivity index (χ3n) is 3.01. The fraction of sp³-hybridized carbons (Fsp3) is 0.312. The molecule has 0 fully saturated rings. The minimum Gasteiger partial charge on any atom is -0.364 e. The van der Waals surface area contributed by atoms with E-state index < -0.39 is 6.10 Å². The molecule has 2 rings (SSSR count). The smallest absolute Gasteiger partial charge is 0.254 e. The van der Waals surface area contributed by atoms with Gasteiger partial charge in [0.1, 0.15) is 11.9 Å². The Labute approximate surface area is 130 Å². The molecule has 0 aliphatic carbocycles. The SMILES string of the molecule is CC(OCc1ccccc1)C(=O)Nc1ccnc(N(C)C)n1. The first kappa shape index (κ1) is 15.9. The molecule has 0 saturated carbocycles. The van der Waals surface area contributed by atoms with E-state index in [1.165, 1.54) is 0 Å². The number of ether oxygens (including phenoxy) is 1. The van der Waals surface area contributed by atoms with E-state index in [-0.39, 0.29) is 5.91 Å². The lowest BCUT2D eigenvalue weighted by molar-refractivity contribution is -0.127. The monoisotopic (exact) mass is 300 g/mol. The molecule has 0 spiro atoms. The van der Waals surface area contributed by atoms with Gasteiger partial charge in [0, 0.05) is 20.3 Å². The summed E-state index contributed by atoms with van der Waals surface area (Å²) in [5.41, 5.74) is 1.03. The van der Waals surface area contributed by atoms with Crippen LogP contribution in [0.4, 0.5) is 11.8 Å². The number of anilines is 2. The maximum atomic E-state index is 12.1. The van der Waals surface area contributed by atoms with Crippen molar-refractivity contribution < 1.29 is 9.53 Å². The molecule has 1 heterocycles. The number of hydrogen-bond acceptors (Lipinski definition) is 5. The molecule has 1 aromatic carbocycles. The highest BCUT2D eigenvalue weighted by Crippen LogP contribution is 2.09. The quantitative estimate of drug-likeness (QED) is 0.884. The Hall–Kier alpha value is -2.47. The van der Waals surface area contributed by atoms with Crippen molar-refractivity contribution in [2.24, 2.45) is 0 Å². The van der Waals surface area contributed by atoms with Gasteiger partial charge in [0.25, 0.3) is 5.91 Å². The second-order valence-electron chi connectivity index (χ2n) is 5.06. The number of aromatic nitrogens is 2. The number of nitrogens with one attached hydrogen (secondary N) is 1. The largest absolute Gasteiger partial charge is 0.364 e. The van der Waals surface area contributed by atoms with E-state index in [1.54, 1.807) is 24.1 Å². The highest BCUT2D eigenvalue weighted by Gasteiger charge is 2.14. The summed E-state index contributed by atoms with van der Waals surface area (Å²) >= 11 is 0. The third kappa shape index (κ3) is 4.53. The summed E-state index contributed by atoms with van der Waals surface area (Å²) < 4.78 is 5.57. The van der Waals surface area contributed by atoms with Crippen molar-refractivity contribution in [3.63, 3.8) is 0 Å². The van der Waals surface area contributed by atoms with E-state index in [0.717, 1.165) is 5.56 Å². The Morgan fingerprint density at radius 3 is 2.68 bits per heavy atom. The van der Waals surface area contributed by atoms with Crippen LogP contribution in [0.3, 0.4) is 0 Å². The molecule has 6 nitrogen and oxygen atoms in total. The molecule has 1 aromatic heterocycles. The van der Waals surface area contributed by atoms with E-state index in [2.05, 4.69) is 15.3 Å². The molecule has 1 unspecified atom stereocenters. The summed E-state index contributed by atoms with van der Waals surface area (Å²) in [6.45, 7) is 2.11. The van der Waals surface area contributed by atoms with Crippen molar-refractivity contribution in [2.75, 3.05) is 24.3 Å². The zero-order chi connectivity index (χ0) is 15.9. The molecule has 0 radical (unpaired) electrons. The molecule has 0 aliphatic heterocycles. The maximum absolute atomic E-state index is 12.1. The van der Waals surface area contributed by atoms with Gasteiger partial charge in [-0.3, -0.25) is 4.79 Å². The predicted molar refractivity (Wildman–Crippen MR) is 85.7 cm³/mol. The van der Waals surface area contributed by atoms with Gasteiger partial charge in [0.05, 0.1) is 6.61 Å². The zero-order valence-corrected chi connectivity index (χ0v) is 13.0. The Morgan fingerprint density at radius 2 is 2.00 bits per heavy atom. The van der Waals surface area contributed by atoms with Crippen LogP contribution in [0.15, 0.2) is 42.6 Å². The van der Waals surface area contributed by atoms with Crippen molar-refractivity contribution in [3.05, 3.63) is 48.2 Å². The molecule has 2 aromatic rings. The van der Waals surface area contributed by atoms with Crippen molar-refractivity contribution in [3.8, 4) is 0 Å². The van der Waals surface area contributed by atoms with Gasteiger partial charge in [0.15, 0.2) is 0 Å². The molecular formula is C16H20N4O2. The Morgan fingerprint density at radius 1 is 1.27 bits per heavy atom. The lowest BCUT2D eigenvalue weighted by Gasteiger charge is -2.14. The summed E-state index contributed by atoms with van der Waals surface area (Å²) in [4.78, 5) is 22.2. The number of carbonyl (C=O) groups is 1. The van der Waals surface area contributed by atoms with Gasteiger partial charge in [0.2, 0.25) is 5.95 Å². The van der Waals surface area contributed by atoms with Gasteiger partial charge in [-0.25, -0.2) is 4.98 Å².